The minimum absolute atomic E-state index is 0.437. The SMILES string of the molecule is C[Si](C)(C)CCOCn1c(CN)nc2ccccc21. The molecule has 1 heterocycles. The van der Waals surface area contributed by atoms with Gasteiger partial charge in [0.25, 0.3) is 0 Å². The summed E-state index contributed by atoms with van der Waals surface area (Å²) in [5.74, 6) is 0.884. The third-order valence-corrected chi connectivity index (χ3v) is 4.84. The highest BCUT2D eigenvalue weighted by atomic mass is 28.3. The normalized spacial score (nSPS) is 12.2. The lowest BCUT2D eigenvalue weighted by atomic mass is 10.3. The summed E-state index contributed by atoms with van der Waals surface area (Å²) < 4.78 is 7.88. The molecule has 0 atom stereocenters. The fourth-order valence-electron chi connectivity index (χ4n) is 1.96. The zero-order valence-corrected chi connectivity index (χ0v) is 13.0. The van der Waals surface area contributed by atoms with Crippen LogP contribution in [0.15, 0.2) is 24.3 Å². The van der Waals surface area contributed by atoms with Gasteiger partial charge in [0.1, 0.15) is 12.6 Å². The summed E-state index contributed by atoms with van der Waals surface area (Å²) in [7, 11) is -1.03. The summed E-state index contributed by atoms with van der Waals surface area (Å²) in [6, 6.07) is 9.25. The number of imidazole rings is 1. The van der Waals surface area contributed by atoms with Crippen molar-refractivity contribution in [1.82, 2.24) is 9.55 Å². The van der Waals surface area contributed by atoms with Crippen molar-refractivity contribution >= 4 is 19.1 Å². The maximum atomic E-state index is 5.81. The second-order valence-corrected chi connectivity index (χ2v) is 11.6. The van der Waals surface area contributed by atoms with Gasteiger partial charge in [-0.1, -0.05) is 31.8 Å². The number of rotatable bonds is 6. The van der Waals surface area contributed by atoms with Crippen LogP contribution >= 0.6 is 0 Å². The monoisotopic (exact) mass is 277 g/mol. The van der Waals surface area contributed by atoms with Crippen molar-refractivity contribution in [2.45, 2.75) is 39.0 Å². The van der Waals surface area contributed by atoms with Crippen molar-refractivity contribution in [2.24, 2.45) is 5.73 Å². The van der Waals surface area contributed by atoms with E-state index in [4.69, 9.17) is 10.5 Å². The molecule has 0 radical (unpaired) electrons. The summed E-state index contributed by atoms with van der Waals surface area (Å²) >= 11 is 0. The lowest BCUT2D eigenvalue weighted by molar-refractivity contribution is 0.0879. The zero-order chi connectivity index (χ0) is 13.9. The van der Waals surface area contributed by atoms with Gasteiger partial charge >= 0.3 is 0 Å². The second kappa shape index (κ2) is 5.86. The minimum Gasteiger partial charge on any atom is -0.361 e. The Morgan fingerprint density at radius 2 is 2.00 bits per heavy atom. The van der Waals surface area contributed by atoms with Gasteiger partial charge in [0, 0.05) is 14.7 Å². The largest absolute Gasteiger partial charge is 0.361 e. The van der Waals surface area contributed by atoms with E-state index in [-0.39, 0.29) is 0 Å². The molecule has 0 aliphatic rings. The van der Waals surface area contributed by atoms with Crippen molar-refractivity contribution in [1.29, 1.82) is 0 Å². The van der Waals surface area contributed by atoms with Gasteiger partial charge < -0.3 is 15.0 Å². The Morgan fingerprint density at radius 3 is 2.68 bits per heavy atom. The fourth-order valence-corrected chi connectivity index (χ4v) is 2.72. The van der Waals surface area contributed by atoms with E-state index in [1.807, 2.05) is 18.2 Å². The standard InChI is InChI=1S/C14H23N3OSi/c1-19(2,3)9-8-18-11-17-13-7-5-4-6-12(13)16-14(17)10-15/h4-7H,8-11,15H2,1-3H3. The molecular formula is C14H23N3OSi. The van der Waals surface area contributed by atoms with Crippen molar-refractivity contribution in [3.8, 4) is 0 Å². The van der Waals surface area contributed by atoms with Crippen LogP contribution in [0.2, 0.25) is 25.7 Å². The number of ether oxygens (including phenoxy) is 1. The maximum absolute atomic E-state index is 5.81. The molecule has 0 bridgehead atoms. The predicted octanol–water partition coefficient (Wildman–Crippen LogP) is 2.81. The molecule has 0 aliphatic heterocycles. The van der Waals surface area contributed by atoms with Crippen LogP contribution < -0.4 is 5.73 Å². The predicted molar refractivity (Wildman–Crippen MR) is 81.7 cm³/mol. The molecule has 4 nitrogen and oxygen atoms in total. The number of aromatic nitrogens is 2. The van der Waals surface area contributed by atoms with Crippen LogP contribution in [0, 0.1) is 0 Å². The van der Waals surface area contributed by atoms with Gasteiger partial charge in [-0.3, -0.25) is 0 Å². The van der Waals surface area contributed by atoms with E-state index in [1.165, 1.54) is 6.04 Å². The average molecular weight is 277 g/mol. The molecular weight excluding hydrogens is 254 g/mol. The molecule has 0 spiro atoms. The van der Waals surface area contributed by atoms with E-state index in [2.05, 4.69) is 35.3 Å². The molecule has 0 saturated carbocycles. The topological polar surface area (TPSA) is 53.1 Å². The molecule has 5 heteroatoms. The van der Waals surface area contributed by atoms with E-state index in [0.29, 0.717) is 13.3 Å². The van der Waals surface area contributed by atoms with Crippen molar-refractivity contribution in [3.63, 3.8) is 0 Å². The summed E-state index contributed by atoms with van der Waals surface area (Å²) in [4.78, 5) is 4.53. The highest BCUT2D eigenvalue weighted by Crippen LogP contribution is 2.16. The van der Waals surface area contributed by atoms with Crippen molar-refractivity contribution in [2.75, 3.05) is 6.61 Å². The summed E-state index contributed by atoms with van der Waals surface area (Å²) in [5, 5.41) is 0. The Bertz CT molecular complexity index is 545. The van der Waals surface area contributed by atoms with E-state index < -0.39 is 8.07 Å². The molecule has 0 unspecified atom stereocenters. The maximum Gasteiger partial charge on any atom is 0.125 e. The van der Waals surface area contributed by atoms with Gasteiger partial charge in [-0.05, 0) is 18.2 Å². The van der Waals surface area contributed by atoms with Gasteiger partial charge in [-0.2, -0.15) is 0 Å². The fraction of sp³-hybridized carbons (Fsp3) is 0.500. The first kappa shape index (κ1) is 14.2. The third-order valence-electron chi connectivity index (χ3n) is 3.13. The Morgan fingerprint density at radius 1 is 1.26 bits per heavy atom. The first-order valence-corrected chi connectivity index (χ1v) is 10.4. The van der Waals surface area contributed by atoms with Gasteiger partial charge in [0.15, 0.2) is 0 Å². The summed E-state index contributed by atoms with van der Waals surface area (Å²) in [5.41, 5.74) is 7.83. The van der Waals surface area contributed by atoms with E-state index >= 15 is 0 Å². The third kappa shape index (κ3) is 3.65. The zero-order valence-electron chi connectivity index (χ0n) is 12.0. The highest BCUT2D eigenvalue weighted by molar-refractivity contribution is 6.76. The number of hydrogen-bond acceptors (Lipinski definition) is 3. The molecule has 0 aliphatic carbocycles. The quantitative estimate of drug-likeness (QED) is 0.652. The molecule has 2 rings (SSSR count). The Labute approximate surface area is 115 Å². The van der Waals surface area contributed by atoms with Crippen LogP contribution in [-0.2, 0) is 18.0 Å². The molecule has 0 saturated heterocycles. The van der Waals surface area contributed by atoms with Crippen LogP contribution in [-0.4, -0.2) is 24.2 Å². The average Bonchev–Trinajstić information content (AvgIpc) is 2.71. The van der Waals surface area contributed by atoms with Crippen LogP contribution in [0.1, 0.15) is 5.82 Å². The molecule has 2 N–H and O–H groups in total. The van der Waals surface area contributed by atoms with Crippen molar-refractivity contribution < 1.29 is 4.74 Å². The van der Waals surface area contributed by atoms with Crippen LogP contribution in [0.4, 0.5) is 0 Å². The van der Waals surface area contributed by atoms with E-state index in [1.54, 1.807) is 0 Å². The van der Waals surface area contributed by atoms with E-state index in [0.717, 1.165) is 23.5 Å². The van der Waals surface area contributed by atoms with Gasteiger partial charge in [0.2, 0.25) is 0 Å². The lowest BCUT2D eigenvalue weighted by Crippen LogP contribution is -2.22. The minimum atomic E-state index is -1.03. The Kier molecular flexibility index (Phi) is 4.39. The lowest BCUT2D eigenvalue weighted by Gasteiger charge is -2.16. The van der Waals surface area contributed by atoms with Crippen LogP contribution in [0.5, 0.6) is 0 Å². The number of fused-ring (bicyclic) bond motifs is 1. The second-order valence-electron chi connectivity index (χ2n) is 6.00. The van der Waals surface area contributed by atoms with Crippen LogP contribution in [0.25, 0.3) is 11.0 Å². The molecule has 19 heavy (non-hydrogen) atoms. The first-order chi connectivity index (χ1) is 9.01. The summed E-state index contributed by atoms with van der Waals surface area (Å²) in [6.45, 7) is 8.85. The molecule has 1 aromatic heterocycles. The molecule has 0 fully saturated rings. The van der Waals surface area contributed by atoms with Crippen molar-refractivity contribution in [3.05, 3.63) is 30.1 Å². The Hall–Kier alpha value is -1.17. The first-order valence-electron chi connectivity index (χ1n) is 6.73. The number of benzene rings is 1. The molecule has 104 valence electrons. The number of nitrogens with zero attached hydrogens (tertiary/aromatic N) is 2. The van der Waals surface area contributed by atoms with Gasteiger partial charge in [-0.15, -0.1) is 0 Å². The number of hydrogen-bond donors (Lipinski definition) is 1. The molecule has 2 aromatic rings. The molecule has 1 aromatic carbocycles. The molecule has 0 amide bonds. The number of nitrogens with two attached hydrogens (primary N) is 1. The Balaban J connectivity index is 2.07. The van der Waals surface area contributed by atoms with E-state index in [9.17, 15) is 0 Å². The number of para-hydroxylation sites is 2. The smallest absolute Gasteiger partial charge is 0.125 e. The summed E-state index contributed by atoms with van der Waals surface area (Å²) in [6.07, 6.45) is 0. The highest BCUT2D eigenvalue weighted by Gasteiger charge is 2.13. The van der Waals surface area contributed by atoms with Crippen LogP contribution in [0.3, 0.4) is 0 Å². The van der Waals surface area contributed by atoms with Gasteiger partial charge in [-0.25, -0.2) is 4.98 Å². The van der Waals surface area contributed by atoms with Gasteiger partial charge in [0.05, 0.1) is 17.6 Å².